The van der Waals surface area contributed by atoms with Gasteiger partial charge in [0, 0.05) is 40.1 Å². The molecule has 2 atom stereocenters. The first-order valence-electron chi connectivity index (χ1n) is 13.8. The van der Waals surface area contributed by atoms with Crippen molar-refractivity contribution < 1.29 is 27.2 Å². The van der Waals surface area contributed by atoms with Gasteiger partial charge in [-0.25, -0.2) is 0 Å². The van der Waals surface area contributed by atoms with Crippen molar-refractivity contribution >= 4 is 29.6 Å². The molecular weight excluding hydrogens is 565 g/mol. The number of pyridine rings is 1. The minimum Gasteiger partial charge on any atom is -0.406 e. The summed E-state index contributed by atoms with van der Waals surface area (Å²) in [5.74, 6) is -0.0219. The van der Waals surface area contributed by atoms with E-state index in [1.165, 1.54) is 29.5 Å². The van der Waals surface area contributed by atoms with E-state index in [9.17, 15) is 13.2 Å². The van der Waals surface area contributed by atoms with Crippen LogP contribution in [-0.4, -0.2) is 30.1 Å². The lowest BCUT2D eigenvalue weighted by molar-refractivity contribution is -0.690. The van der Waals surface area contributed by atoms with E-state index in [1.54, 1.807) is 17.8 Å². The normalized spacial score (nSPS) is 21.4. The van der Waals surface area contributed by atoms with Gasteiger partial charge in [-0.1, -0.05) is 73.8 Å². The summed E-state index contributed by atoms with van der Waals surface area (Å²) in [6.07, 6.45) is 0.462. The highest BCUT2D eigenvalue weighted by Crippen LogP contribution is 2.60. The number of likely N-dealkylation sites (N-methyl/N-ethyl adjacent to an activating group) is 1. The van der Waals surface area contributed by atoms with Crippen LogP contribution in [-0.2, 0) is 11.3 Å². The summed E-state index contributed by atoms with van der Waals surface area (Å²) in [5, 5.41) is 1.10. The van der Waals surface area contributed by atoms with Crippen LogP contribution in [0.2, 0.25) is 0 Å². The third kappa shape index (κ3) is 6.63. The molecule has 41 heavy (non-hydrogen) atoms. The minimum atomic E-state index is -4.74. The van der Waals surface area contributed by atoms with Crippen molar-refractivity contribution in [2.45, 2.75) is 57.6 Å². The van der Waals surface area contributed by atoms with Gasteiger partial charge in [-0.3, -0.25) is 0 Å². The number of rotatable bonds is 9. The Hall–Kier alpha value is -2.88. The first-order chi connectivity index (χ1) is 19.6. The molecule has 2 aliphatic heterocycles. The Labute approximate surface area is 248 Å². The van der Waals surface area contributed by atoms with Gasteiger partial charge in [0.05, 0.1) is 9.93 Å². The molecule has 2 unspecified atom stereocenters. The van der Waals surface area contributed by atoms with Gasteiger partial charge in [-0.15, -0.1) is 13.2 Å². The quantitative estimate of drug-likeness (QED) is 0.140. The standard InChI is InChI=1S/C32H34F3N2O2S2/c1-5-22(3)29(40-27-19-26(16-15-23(27)4)39-32(33,34)35)30-31(21-38-31)37(6-2)28(41-30)18-25-14-10-11-17-36(25)20-24-12-8-7-9-13-24/h7-19,22H,5-6,20-21H2,1-4H3/q+1/b30-29+. The van der Waals surface area contributed by atoms with Crippen LogP contribution in [0.1, 0.15) is 44.0 Å². The Balaban J connectivity index is 1.53. The number of ether oxygens (including phenoxy) is 2. The second-order valence-corrected chi connectivity index (χ2v) is 12.3. The predicted octanol–water partition coefficient (Wildman–Crippen LogP) is 8.37. The lowest BCUT2D eigenvalue weighted by Gasteiger charge is -2.24. The van der Waals surface area contributed by atoms with Crippen LogP contribution in [0.15, 0.2) is 92.7 Å². The van der Waals surface area contributed by atoms with Gasteiger partial charge in [-0.2, -0.15) is 4.57 Å². The molecule has 5 rings (SSSR count). The Bertz CT molecular complexity index is 1450. The van der Waals surface area contributed by atoms with Crippen molar-refractivity contribution in [1.29, 1.82) is 0 Å². The van der Waals surface area contributed by atoms with E-state index < -0.39 is 12.1 Å². The zero-order chi connectivity index (χ0) is 29.2. The summed E-state index contributed by atoms with van der Waals surface area (Å²) in [6, 6.07) is 21.1. The smallest absolute Gasteiger partial charge is 0.406 e. The maximum absolute atomic E-state index is 13.0. The number of hydrogen-bond acceptors (Lipinski definition) is 5. The molecule has 2 aromatic carbocycles. The molecule has 1 aromatic heterocycles. The molecule has 9 heteroatoms. The van der Waals surface area contributed by atoms with E-state index in [1.807, 2.05) is 25.1 Å². The van der Waals surface area contributed by atoms with Crippen molar-refractivity contribution in [2.75, 3.05) is 13.2 Å². The molecule has 2 fully saturated rings. The summed E-state index contributed by atoms with van der Waals surface area (Å²) in [7, 11) is 0. The maximum Gasteiger partial charge on any atom is 0.573 e. The number of thioether (sulfide) groups is 2. The molecule has 0 aliphatic carbocycles. The fraction of sp³-hybridized carbons (Fsp3) is 0.344. The third-order valence-electron chi connectivity index (χ3n) is 7.34. The van der Waals surface area contributed by atoms with Gasteiger partial charge in [0.2, 0.25) is 5.69 Å². The molecule has 0 radical (unpaired) electrons. The van der Waals surface area contributed by atoms with Crippen molar-refractivity contribution in [1.82, 2.24) is 4.90 Å². The van der Waals surface area contributed by atoms with Gasteiger partial charge in [0.1, 0.15) is 12.4 Å². The van der Waals surface area contributed by atoms with E-state index in [2.05, 4.69) is 77.6 Å². The Morgan fingerprint density at radius 2 is 1.88 bits per heavy atom. The van der Waals surface area contributed by atoms with Crippen LogP contribution in [0, 0.1) is 12.8 Å². The molecule has 3 heterocycles. The molecule has 0 N–H and O–H groups in total. The van der Waals surface area contributed by atoms with Gasteiger partial charge in [0.25, 0.3) is 0 Å². The maximum atomic E-state index is 13.0. The number of hydrogen-bond donors (Lipinski definition) is 0. The SMILES string of the molecule is CCC(C)/C(Sc1cc(OC(F)(F)F)ccc1C)=C1\S/C(=C\c2cccc[n+]2Cc2ccccc2)N(CC)C12CO2. The fourth-order valence-electron chi connectivity index (χ4n) is 4.89. The van der Waals surface area contributed by atoms with E-state index in [0.717, 1.165) is 50.5 Å². The Morgan fingerprint density at radius 1 is 1.15 bits per heavy atom. The van der Waals surface area contributed by atoms with Crippen LogP contribution in [0.5, 0.6) is 5.75 Å². The van der Waals surface area contributed by atoms with Gasteiger partial charge in [0.15, 0.2) is 18.5 Å². The van der Waals surface area contributed by atoms with Gasteiger partial charge >= 0.3 is 6.36 Å². The highest BCUT2D eigenvalue weighted by Gasteiger charge is 2.60. The number of aryl methyl sites for hydroxylation is 1. The minimum absolute atomic E-state index is 0.188. The third-order valence-corrected chi connectivity index (χ3v) is 10.2. The highest BCUT2D eigenvalue weighted by molar-refractivity contribution is 8.09. The highest BCUT2D eigenvalue weighted by atomic mass is 32.2. The molecular formula is C32H34F3N2O2S2+. The monoisotopic (exact) mass is 599 g/mol. The lowest BCUT2D eigenvalue weighted by Crippen LogP contribution is -2.37. The van der Waals surface area contributed by atoms with Crippen molar-refractivity contribution in [2.24, 2.45) is 5.92 Å². The average molecular weight is 600 g/mol. The van der Waals surface area contributed by atoms with Crippen molar-refractivity contribution in [3.05, 3.63) is 105 Å². The van der Waals surface area contributed by atoms with Crippen LogP contribution in [0.3, 0.4) is 0 Å². The number of epoxide rings is 1. The van der Waals surface area contributed by atoms with E-state index in [4.69, 9.17) is 4.74 Å². The van der Waals surface area contributed by atoms with Crippen LogP contribution >= 0.6 is 23.5 Å². The summed E-state index contributed by atoms with van der Waals surface area (Å²) in [4.78, 5) is 5.30. The average Bonchev–Trinajstić information content (AvgIpc) is 3.67. The van der Waals surface area contributed by atoms with E-state index in [-0.39, 0.29) is 11.7 Å². The first kappa shape index (κ1) is 29.6. The van der Waals surface area contributed by atoms with E-state index >= 15 is 0 Å². The largest absolute Gasteiger partial charge is 0.573 e. The molecule has 216 valence electrons. The van der Waals surface area contributed by atoms with E-state index in [0.29, 0.717) is 6.61 Å². The van der Waals surface area contributed by atoms with Crippen LogP contribution in [0.25, 0.3) is 6.08 Å². The second-order valence-electron chi connectivity index (χ2n) is 10.2. The molecule has 1 spiro atoms. The molecule has 0 amide bonds. The Morgan fingerprint density at radius 3 is 2.54 bits per heavy atom. The topological polar surface area (TPSA) is 28.9 Å². The molecule has 2 saturated heterocycles. The number of allylic oxidation sites excluding steroid dienone is 1. The van der Waals surface area contributed by atoms with Crippen LogP contribution < -0.4 is 9.30 Å². The number of benzene rings is 2. The van der Waals surface area contributed by atoms with Gasteiger partial charge in [-0.05, 0) is 49.9 Å². The summed E-state index contributed by atoms with van der Waals surface area (Å²) in [6.45, 7) is 10.4. The first-order valence-corrected chi connectivity index (χ1v) is 15.4. The zero-order valence-corrected chi connectivity index (χ0v) is 25.2. The number of nitrogens with zero attached hydrogens (tertiary/aromatic N) is 2. The Kier molecular flexibility index (Phi) is 8.78. The predicted molar refractivity (Wildman–Crippen MR) is 159 cm³/mol. The molecule has 0 bridgehead atoms. The molecule has 3 aromatic rings. The molecule has 0 saturated carbocycles. The summed E-state index contributed by atoms with van der Waals surface area (Å²) >= 11 is 3.24. The number of aromatic nitrogens is 1. The van der Waals surface area contributed by atoms with Crippen molar-refractivity contribution in [3.8, 4) is 5.75 Å². The summed E-state index contributed by atoms with van der Waals surface area (Å²) in [5.41, 5.74) is 2.67. The lowest BCUT2D eigenvalue weighted by atomic mass is 10.1. The van der Waals surface area contributed by atoms with Crippen LogP contribution in [0.4, 0.5) is 13.2 Å². The number of halogens is 3. The molecule has 4 nitrogen and oxygen atoms in total. The number of alkyl halides is 3. The van der Waals surface area contributed by atoms with Gasteiger partial charge < -0.3 is 14.4 Å². The zero-order valence-electron chi connectivity index (χ0n) is 23.6. The fourth-order valence-corrected chi connectivity index (χ4v) is 7.87. The molecule has 2 aliphatic rings. The van der Waals surface area contributed by atoms with Crippen molar-refractivity contribution in [3.63, 3.8) is 0 Å². The summed E-state index contributed by atoms with van der Waals surface area (Å²) < 4.78 is 51.6. The second kappa shape index (κ2) is 12.2.